The second-order valence-electron chi connectivity index (χ2n) is 4.45. The number of aryl methyl sites for hydroxylation is 1. The fraction of sp³-hybridized carbons (Fsp3) is 0.231. The fourth-order valence-corrected chi connectivity index (χ4v) is 2.33. The Kier molecular flexibility index (Phi) is 4.17. The summed E-state index contributed by atoms with van der Waals surface area (Å²) in [4.78, 5) is 7.83. The van der Waals surface area contributed by atoms with Crippen LogP contribution in [0.2, 0.25) is 0 Å². The standard InChI is InChI=1S/C13H13F2N3O2S/c1-8-16-11(13(14)15)7-12(17-8)18-9-3-5-10(6-4-9)21(2,19)20/h3-7,13H,1-2H3,(H,16,17,18). The molecule has 112 valence electrons. The number of aromatic nitrogens is 2. The Morgan fingerprint density at radius 2 is 1.76 bits per heavy atom. The van der Waals surface area contributed by atoms with Crippen LogP contribution in [0.15, 0.2) is 35.2 Å². The van der Waals surface area contributed by atoms with Gasteiger partial charge in [0.1, 0.15) is 17.3 Å². The van der Waals surface area contributed by atoms with Gasteiger partial charge < -0.3 is 5.32 Å². The number of halogens is 2. The van der Waals surface area contributed by atoms with Crippen LogP contribution < -0.4 is 5.32 Å². The summed E-state index contributed by atoms with van der Waals surface area (Å²) in [7, 11) is -3.27. The number of rotatable bonds is 4. The Labute approximate surface area is 121 Å². The van der Waals surface area contributed by atoms with E-state index in [4.69, 9.17) is 0 Å². The Morgan fingerprint density at radius 3 is 2.29 bits per heavy atom. The highest BCUT2D eigenvalue weighted by molar-refractivity contribution is 7.90. The second kappa shape index (κ2) is 5.72. The summed E-state index contributed by atoms with van der Waals surface area (Å²) in [5, 5.41) is 2.84. The van der Waals surface area contributed by atoms with E-state index < -0.39 is 16.3 Å². The minimum absolute atomic E-state index is 0.181. The zero-order chi connectivity index (χ0) is 15.6. The molecule has 1 aromatic heterocycles. The van der Waals surface area contributed by atoms with Crippen molar-refractivity contribution in [2.24, 2.45) is 0 Å². The van der Waals surface area contributed by atoms with Gasteiger partial charge in [0.2, 0.25) is 0 Å². The molecule has 0 fully saturated rings. The van der Waals surface area contributed by atoms with Gasteiger partial charge >= 0.3 is 0 Å². The molecule has 2 rings (SSSR count). The first-order chi connectivity index (χ1) is 9.75. The van der Waals surface area contributed by atoms with Crippen molar-refractivity contribution in [3.8, 4) is 0 Å². The van der Waals surface area contributed by atoms with Crippen LogP contribution >= 0.6 is 0 Å². The molecule has 0 spiro atoms. The number of hydrogen-bond donors (Lipinski definition) is 1. The number of benzene rings is 1. The normalized spacial score (nSPS) is 11.7. The molecule has 0 bridgehead atoms. The van der Waals surface area contributed by atoms with Crippen LogP contribution in [0, 0.1) is 6.92 Å². The summed E-state index contributed by atoms with van der Waals surface area (Å²) >= 11 is 0. The van der Waals surface area contributed by atoms with E-state index in [1.54, 1.807) is 0 Å². The van der Waals surface area contributed by atoms with Crippen LogP contribution in [-0.2, 0) is 9.84 Å². The molecule has 0 aliphatic carbocycles. The Morgan fingerprint density at radius 1 is 1.14 bits per heavy atom. The van der Waals surface area contributed by atoms with E-state index in [0.29, 0.717) is 5.69 Å². The van der Waals surface area contributed by atoms with Crippen molar-refractivity contribution in [2.45, 2.75) is 18.2 Å². The van der Waals surface area contributed by atoms with Gasteiger partial charge in [0, 0.05) is 18.0 Å². The van der Waals surface area contributed by atoms with Crippen molar-refractivity contribution in [3.63, 3.8) is 0 Å². The molecular weight excluding hydrogens is 300 g/mol. The minimum atomic E-state index is -3.27. The largest absolute Gasteiger partial charge is 0.340 e. The van der Waals surface area contributed by atoms with Crippen molar-refractivity contribution >= 4 is 21.3 Å². The lowest BCUT2D eigenvalue weighted by Gasteiger charge is -2.08. The van der Waals surface area contributed by atoms with Gasteiger partial charge in [-0.15, -0.1) is 0 Å². The monoisotopic (exact) mass is 313 g/mol. The molecule has 0 unspecified atom stereocenters. The lowest BCUT2D eigenvalue weighted by atomic mass is 10.3. The topological polar surface area (TPSA) is 72.0 Å². The first-order valence-corrected chi connectivity index (χ1v) is 7.86. The van der Waals surface area contributed by atoms with Crippen LogP contribution in [0.5, 0.6) is 0 Å². The number of anilines is 2. The van der Waals surface area contributed by atoms with Gasteiger partial charge in [-0.3, -0.25) is 0 Å². The molecule has 1 aromatic carbocycles. The Bertz CT molecular complexity index is 747. The van der Waals surface area contributed by atoms with Crippen LogP contribution in [0.4, 0.5) is 20.3 Å². The van der Waals surface area contributed by atoms with Crippen LogP contribution in [0.1, 0.15) is 17.9 Å². The third kappa shape index (κ3) is 3.94. The molecule has 0 amide bonds. The van der Waals surface area contributed by atoms with Crippen molar-refractivity contribution in [3.05, 3.63) is 41.9 Å². The summed E-state index contributed by atoms with van der Waals surface area (Å²) < 4.78 is 48.0. The smallest absolute Gasteiger partial charge is 0.280 e. The fourth-order valence-electron chi connectivity index (χ4n) is 1.70. The Balaban J connectivity index is 2.26. The zero-order valence-electron chi connectivity index (χ0n) is 11.3. The summed E-state index contributed by atoms with van der Waals surface area (Å²) in [6, 6.07) is 7.09. The highest BCUT2D eigenvalue weighted by Crippen LogP contribution is 2.22. The van der Waals surface area contributed by atoms with Crippen LogP contribution in [0.25, 0.3) is 0 Å². The average Bonchev–Trinajstić information content (AvgIpc) is 2.37. The summed E-state index contributed by atoms with van der Waals surface area (Å²) in [5.74, 6) is 0.452. The number of nitrogens with zero attached hydrogens (tertiary/aromatic N) is 2. The third-order valence-electron chi connectivity index (χ3n) is 2.64. The predicted octanol–water partition coefficient (Wildman–Crippen LogP) is 2.87. The molecular formula is C13H13F2N3O2S. The molecule has 5 nitrogen and oxygen atoms in total. The van der Waals surface area contributed by atoms with Gasteiger partial charge in [0.25, 0.3) is 6.43 Å². The van der Waals surface area contributed by atoms with Gasteiger partial charge in [0.05, 0.1) is 4.90 Å². The van der Waals surface area contributed by atoms with Crippen molar-refractivity contribution in [1.29, 1.82) is 0 Å². The van der Waals surface area contributed by atoms with Crippen molar-refractivity contribution < 1.29 is 17.2 Å². The van der Waals surface area contributed by atoms with E-state index in [9.17, 15) is 17.2 Å². The zero-order valence-corrected chi connectivity index (χ0v) is 12.2. The summed E-state index contributed by atoms with van der Waals surface area (Å²) in [6.07, 6.45) is -1.57. The lowest BCUT2D eigenvalue weighted by molar-refractivity contribution is 0.145. The quantitative estimate of drug-likeness (QED) is 0.939. The highest BCUT2D eigenvalue weighted by Gasteiger charge is 2.12. The lowest BCUT2D eigenvalue weighted by Crippen LogP contribution is -2.02. The molecule has 8 heteroatoms. The molecule has 1 heterocycles. The SMILES string of the molecule is Cc1nc(Nc2ccc(S(C)(=O)=O)cc2)cc(C(F)F)n1. The van der Waals surface area contributed by atoms with E-state index in [0.717, 1.165) is 12.3 Å². The van der Waals surface area contributed by atoms with Gasteiger partial charge in [0.15, 0.2) is 9.84 Å². The first-order valence-electron chi connectivity index (χ1n) is 5.96. The number of sulfone groups is 1. The second-order valence-corrected chi connectivity index (χ2v) is 6.46. The van der Waals surface area contributed by atoms with E-state index >= 15 is 0 Å². The molecule has 1 N–H and O–H groups in total. The predicted molar refractivity (Wildman–Crippen MR) is 74.6 cm³/mol. The Hall–Kier alpha value is -2.09. The van der Waals surface area contributed by atoms with Crippen LogP contribution in [0.3, 0.4) is 0 Å². The van der Waals surface area contributed by atoms with Crippen molar-refractivity contribution in [1.82, 2.24) is 9.97 Å². The first kappa shape index (κ1) is 15.3. The van der Waals surface area contributed by atoms with Gasteiger partial charge in [-0.1, -0.05) is 0 Å². The van der Waals surface area contributed by atoms with E-state index in [2.05, 4.69) is 15.3 Å². The maximum absolute atomic E-state index is 12.7. The van der Waals surface area contributed by atoms with Crippen molar-refractivity contribution in [2.75, 3.05) is 11.6 Å². The number of alkyl halides is 2. The molecule has 0 radical (unpaired) electrons. The maximum Gasteiger partial charge on any atom is 0.280 e. The van der Waals surface area contributed by atoms with E-state index in [1.807, 2.05) is 0 Å². The van der Waals surface area contributed by atoms with Gasteiger partial charge in [-0.05, 0) is 31.2 Å². The molecule has 0 atom stereocenters. The molecule has 0 saturated heterocycles. The molecule has 0 saturated carbocycles. The van der Waals surface area contributed by atoms with Gasteiger partial charge in [-0.2, -0.15) is 0 Å². The van der Waals surface area contributed by atoms with E-state index in [1.165, 1.54) is 31.2 Å². The maximum atomic E-state index is 12.7. The third-order valence-corrected chi connectivity index (χ3v) is 3.76. The summed E-state index contributed by atoms with van der Waals surface area (Å²) in [5.41, 5.74) is 0.179. The molecule has 2 aromatic rings. The average molecular weight is 313 g/mol. The molecule has 0 aliphatic rings. The number of nitrogens with one attached hydrogen (secondary N) is 1. The number of hydrogen-bond acceptors (Lipinski definition) is 5. The highest BCUT2D eigenvalue weighted by atomic mass is 32.2. The molecule has 0 aliphatic heterocycles. The summed E-state index contributed by atoms with van der Waals surface area (Å²) in [6.45, 7) is 1.52. The minimum Gasteiger partial charge on any atom is -0.340 e. The van der Waals surface area contributed by atoms with Gasteiger partial charge in [-0.25, -0.2) is 27.2 Å². The van der Waals surface area contributed by atoms with Crippen LogP contribution in [-0.4, -0.2) is 24.6 Å². The molecule has 21 heavy (non-hydrogen) atoms. The van der Waals surface area contributed by atoms with E-state index in [-0.39, 0.29) is 22.2 Å².